The number of aliphatic hydroxyl groups is 1. The van der Waals surface area contributed by atoms with E-state index in [1.54, 1.807) is 0 Å². The first kappa shape index (κ1) is 12.6. The average Bonchev–Trinajstić information content (AvgIpc) is 2.75. The number of aliphatic hydroxyl groups excluding tert-OH is 1. The van der Waals surface area contributed by atoms with Crippen molar-refractivity contribution in [2.45, 2.75) is 32.8 Å². The lowest BCUT2D eigenvalue weighted by Gasteiger charge is -2.20. The second-order valence-electron chi connectivity index (χ2n) is 5.26. The molecule has 1 saturated heterocycles. The molecule has 1 N–H and O–H groups in total. The molecule has 0 radical (unpaired) electrons. The van der Waals surface area contributed by atoms with Crippen molar-refractivity contribution in [3.05, 3.63) is 35.4 Å². The third-order valence-electron chi connectivity index (χ3n) is 3.71. The third kappa shape index (κ3) is 3.30. The largest absolute Gasteiger partial charge is 0.387 e. The van der Waals surface area contributed by atoms with Crippen molar-refractivity contribution in [2.75, 3.05) is 19.6 Å². The number of rotatable bonds is 4. The van der Waals surface area contributed by atoms with Crippen molar-refractivity contribution in [3.8, 4) is 0 Å². The minimum absolute atomic E-state index is 0.341. The SMILES string of the molecule is CCc1ccc(C(O)CN2CCC(C)C2)cc1. The fraction of sp³-hybridized carbons (Fsp3) is 0.600. The highest BCUT2D eigenvalue weighted by atomic mass is 16.3. The van der Waals surface area contributed by atoms with E-state index in [4.69, 9.17) is 0 Å². The van der Waals surface area contributed by atoms with E-state index in [1.165, 1.54) is 12.0 Å². The first-order valence-corrected chi connectivity index (χ1v) is 6.68. The van der Waals surface area contributed by atoms with Crippen molar-refractivity contribution in [3.63, 3.8) is 0 Å². The molecule has 1 aromatic rings. The highest BCUT2D eigenvalue weighted by Gasteiger charge is 2.21. The Balaban J connectivity index is 1.92. The maximum Gasteiger partial charge on any atom is 0.0916 e. The van der Waals surface area contributed by atoms with Crippen LogP contribution in [0.2, 0.25) is 0 Å². The van der Waals surface area contributed by atoms with Crippen LogP contribution in [0.15, 0.2) is 24.3 Å². The van der Waals surface area contributed by atoms with Gasteiger partial charge in [0.05, 0.1) is 6.10 Å². The van der Waals surface area contributed by atoms with Crippen molar-refractivity contribution >= 4 is 0 Å². The molecule has 2 nitrogen and oxygen atoms in total. The van der Waals surface area contributed by atoms with Gasteiger partial charge in [-0.05, 0) is 36.4 Å². The summed E-state index contributed by atoms with van der Waals surface area (Å²) < 4.78 is 0. The highest BCUT2D eigenvalue weighted by Crippen LogP contribution is 2.20. The van der Waals surface area contributed by atoms with Crippen LogP contribution in [0.4, 0.5) is 0 Å². The molecule has 1 fully saturated rings. The van der Waals surface area contributed by atoms with Gasteiger partial charge in [0.15, 0.2) is 0 Å². The van der Waals surface area contributed by atoms with Crippen LogP contribution < -0.4 is 0 Å². The highest BCUT2D eigenvalue weighted by molar-refractivity contribution is 5.24. The molecule has 2 atom stereocenters. The minimum Gasteiger partial charge on any atom is -0.387 e. The zero-order valence-electron chi connectivity index (χ0n) is 10.9. The summed E-state index contributed by atoms with van der Waals surface area (Å²) in [6, 6.07) is 8.35. The standard InChI is InChI=1S/C15H23NO/c1-3-13-4-6-14(7-5-13)15(17)11-16-9-8-12(2)10-16/h4-7,12,15,17H,3,8-11H2,1-2H3. The van der Waals surface area contributed by atoms with Gasteiger partial charge in [0.2, 0.25) is 0 Å². The van der Waals surface area contributed by atoms with Gasteiger partial charge in [-0.3, -0.25) is 0 Å². The lowest BCUT2D eigenvalue weighted by Crippen LogP contribution is -2.26. The zero-order chi connectivity index (χ0) is 12.3. The summed E-state index contributed by atoms with van der Waals surface area (Å²) in [5.74, 6) is 0.782. The lowest BCUT2D eigenvalue weighted by atomic mass is 10.1. The molecule has 1 aliphatic rings. The molecule has 2 unspecified atom stereocenters. The number of aryl methyl sites for hydroxylation is 1. The topological polar surface area (TPSA) is 23.5 Å². The van der Waals surface area contributed by atoms with Gasteiger partial charge < -0.3 is 10.0 Å². The van der Waals surface area contributed by atoms with Crippen LogP contribution in [0, 0.1) is 5.92 Å². The molecule has 94 valence electrons. The molecule has 0 bridgehead atoms. The summed E-state index contributed by atoms with van der Waals surface area (Å²) in [5, 5.41) is 10.2. The van der Waals surface area contributed by atoms with E-state index >= 15 is 0 Å². The molecule has 1 heterocycles. The number of β-amino-alcohol motifs (C(OH)–C–C–N with tert-alkyl or cyclic N) is 1. The van der Waals surface area contributed by atoms with Gasteiger partial charge in [-0.1, -0.05) is 38.1 Å². The third-order valence-corrected chi connectivity index (χ3v) is 3.71. The predicted octanol–water partition coefficient (Wildman–Crippen LogP) is 2.62. The van der Waals surface area contributed by atoms with E-state index in [1.807, 2.05) is 0 Å². The molecule has 0 saturated carbocycles. The number of likely N-dealkylation sites (tertiary alicyclic amines) is 1. The van der Waals surface area contributed by atoms with E-state index in [9.17, 15) is 5.11 Å². The van der Waals surface area contributed by atoms with Gasteiger partial charge in [0.25, 0.3) is 0 Å². The summed E-state index contributed by atoms with van der Waals surface area (Å²) in [4.78, 5) is 2.36. The number of hydrogen-bond donors (Lipinski definition) is 1. The first-order valence-electron chi connectivity index (χ1n) is 6.68. The molecule has 2 heteroatoms. The molecule has 0 amide bonds. The first-order chi connectivity index (χ1) is 8.19. The van der Waals surface area contributed by atoms with Gasteiger partial charge in [-0.15, -0.1) is 0 Å². The van der Waals surface area contributed by atoms with Crippen LogP contribution in [-0.4, -0.2) is 29.6 Å². The zero-order valence-corrected chi connectivity index (χ0v) is 10.9. The summed E-state index contributed by atoms with van der Waals surface area (Å²) in [5.41, 5.74) is 2.37. The van der Waals surface area contributed by atoms with Crippen LogP contribution in [0.5, 0.6) is 0 Å². The molecular weight excluding hydrogens is 210 g/mol. The molecule has 1 aliphatic heterocycles. The van der Waals surface area contributed by atoms with Crippen molar-refractivity contribution in [1.82, 2.24) is 4.90 Å². The van der Waals surface area contributed by atoms with Crippen molar-refractivity contribution in [2.24, 2.45) is 5.92 Å². The van der Waals surface area contributed by atoms with E-state index in [0.717, 1.165) is 37.5 Å². The van der Waals surface area contributed by atoms with Gasteiger partial charge in [-0.2, -0.15) is 0 Å². The smallest absolute Gasteiger partial charge is 0.0916 e. The molecule has 17 heavy (non-hydrogen) atoms. The van der Waals surface area contributed by atoms with E-state index in [2.05, 4.69) is 43.0 Å². The Bertz CT molecular complexity index is 346. The molecule has 0 aromatic heterocycles. The van der Waals surface area contributed by atoms with E-state index < -0.39 is 0 Å². The van der Waals surface area contributed by atoms with Crippen LogP contribution in [-0.2, 0) is 6.42 Å². The Hall–Kier alpha value is -0.860. The Morgan fingerprint density at radius 2 is 2.06 bits per heavy atom. The fourth-order valence-corrected chi connectivity index (χ4v) is 2.52. The predicted molar refractivity (Wildman–Crippen MR) is 71.0 cm³/mol. The summed E-state index contributed by atoms with van der Waals surface area (Å²) in [6.07, 6.45) is 1.98. The number of nitrogens with zero attached hydrogens (tertiary/aromatic N) is 1. The molecule has 2 rings (SSSR count). The second kappa shape index (κ2) is 5.65. The number of benzene rings is 1. The Morgan fingerprint density at radius 1 is 1.35 bits per heavy atom. The second-order valence-corrected chi connectivity index (χ2v) is 5.26. The summed E-state index contributed by atoms with van der Waals surface area (Å²) in [7, 11) is 0. The Kier molecular flexibility index (Phi) is 4.19. The Morgan fingerprint density at radius 3 is 2.59 bits per heavy atom. The lowest BCUT2D eigenvalue weighted by molar-refractivity contribution is 0.124. The molecule has 0 spiro atoms. The van der Waals surface area contributed by atoms with Crippen LogP contribution in [0.25, 0.3) is 0 Å². The maximum atomic E-state index is 10.2. The number of hydrogen-bond acceptors (Lipinski definition) is 2. The van der Waals surface area contributed by atoms with E-state index in [0.29, 0.717) is 0 Å². The van der Waals surface area contributed by atoms with Gasteiger partial charge in [0.1, 0.15) is 0 Å². The summed E-state index contributed by atoms with van der Waals surface area (Å²) in [6.45, 7) is 7.46. The molecule has 0 aliphatic carbocycles. The van der Waals surface area contributed by atoms with Crippen molar-refractivity contribution < 1.29 is 5.11 Å². The van der Waals surface area contributed by atoms with Crippen LogP contribution in [0.1, 0.15) is 37.5 Å². The maximum absolute atomic E-state index is 10.2. The van der Waals surface area contributed by atoms with Gasteiger partial charge in [0, 0.05) is 13.1 Å². The van der Waals surface area contributed by atoms with Gasteiger partial charge in [-0.25, -0.2) is 0 Å². The Labute approximate surface area is 104 Å². The normalized spacial score (nSPS) is 22.9. The van der Waals surface area contributed by atoms with Gasteiger partial charge >= 0.3 is 0 Å². The minimum atomic E-state index is -0.341. The fourth-order valence-electron chi connectivity index (χ4n) is 2.52. The van der Waals surface area contributed by atoms with Crippen molar-refractivity contribution in [1.29, 1.82) is 0 Å². The van der Waals surface area contributed by atoms with Crippen LogP contribution in [0.3, 0.4) is 0 Å². The van der Waals surface area contributed by atoms with Crippen LogP contribution >= 0.6 is 0 Å². The molecular formula is C15H23NO. The summed E-state index contributed by atoms with van der Waals surface area (Å²) >= 11 is 0. The molecule has 1 aromatic carbocycles. The average molecular weight is 233 g/mol. The van der Waals surface area contributed by atoms with E-state index in [-0.39, 0.29) is 6.10 Å². The monoisotopic (exact) mass is 233 g/mol. The quantitative estimate of drug-likeness (QED) is 0.864.